The molecule has 0 atom stereocenters. The van der Waals surface area contributed by atoms with Crippen LogP contribution in [0.25, 0.3) is 0 Å². The average molecular weight is 335 g/mol. The van der Waals surface area contributed by atoms with E-state index < -0.39 is 20.6 Å². The number of carbonyl (C=O) groups is 1. The quantitative estimate of drug-likeness (QED) is 0.380. The second kappa shape index (κ2) is 5.93. The number of anilines is 1. The number of carbonyl (C=O) groups excluding carboxylic acids is 1. The normalized spacial score (nSPS) is 17.1. The lowest BCUT2D eigenvalue weighted by Crippen LogP contribution is -2.33. The summed E-state index contributed by atoms with van der Waals surface area (Å²) < 4.78 is 25.9. The van der Waals surface area contributed by atoms with E-state index in [9.17, 15) is 23.3 Å². The number of nitrogen functional groups attached to an aromatic ring is 1. The number of nitrogens with one attached hydrogen (secondary N) is 2. The lowest BCUT2D eigenvalue weighted by molar-refractivity contribution is -0.383. The molecule has 1 aromatic rings. The van der Waals surface area contributed by atoms with Gasteiger partial charge in [-0.3, -0.25) is 14.9 Å². The highest BCUT2D eigenvalue weighted by Crippen LogP contribution is 2.37. The van der Waals surface area contributed by atoms with E-state index in [0.29, 0.717) is 11.3 Å². The van der Waals surface area contributed by atoms with E-state index >= 15 is 0 Å². The first kappa shape index (κ1) is 15.6. The van der Waals surface area contributed by atoms with Crippen LogP contribution >= 0.6 is 11.3 Å². The Morgan fingerprint density at radius 3 is 2.76 bits per heavy atom. The number of nitro groups is 1. The third-order valence-corrected chi connectivity index (χ3v) is 6.29. The molecule has 0 unspecified atom stereocenters. The van der Waals surface area contributed by atoms with Crippen LogP contribution in [0.2, 0.25) is 0 Å². The Labute approximate surface area is 124 Å². The van der Waals surface area contributed by atoms with Crippen LogP contribution < -0.4 is 16.6 Å². The maximum Gasteiger partial charge on any atom is 0.306 e. The number of hydrogen-bond acceptors (Lipinski definition) is 8. The predicted octanol–water partition coefficient (Wildman–Crippen LogP) is -0.548. The van der Waals surface area contributed by atoms with Gasteiger partial charge in [0.1, 0.15) is 4.21 Å². The SMILES string of the molecule is NNc1sc(S(=O)(=O)N2CCNC(=O)CC2)cc1[N+](=O)[O-]. The van der Waals surface area contributed by atoms with Crippen LogP contribution in [-0.2, 0) is 14.8 Å². The maximum atomic E-state index is 12.5. The number of hydrogen-bond donors (Lipinski definition) is 3. The van der Waals surface area contributed by atoms with Crippen molar-refractivity contribution in [1.29, 1.82) is 0 Å². The second-order valence-electron chi connectivity index (χ2n) is 4.19. The second-order valence-corrected chi connectivity index (χ2v) is 7.40. The molecule has 12 heteroatoms. The molecule has 2 rings (SSSR count). The van der Waals surface area contributed by atoms with Gasteiger partial charge in [-0.05, 0) is 0 Å². The molecule has 0 aromatic carbocycles. The number of nitrogens with zero attached hydrogens (tertiary/aromatic N) is 2. The molecule has 21 heavy (non-hydrogen) atoms. The van der Waals surface area contributed by atoms with Crippen molar-refractivity contribution in [2.45, 2.75) is 10.6 Å². The van der Waals surface area contributed by atoms with E-state index in [4.69, 9.17) is 5.84 Å². The molecule has 1 aliphatic rings. The van der Waals surface area contributed by atoms with Crippen molar-refractivity contribution in [3.8, 4) is 0 Å². The van der Waals surface area contributed by atoms with Crippen molar-refractivity contribution in [1.82, 2.24) is 9.62 Å². The monoisotopic (exact) mass is 335 g/mol. The van der Waals surface area contributed by atoms with Gasteiger partial charge in [-0.25, -0.2) is 14.3 Å². The van der Waals surface area contributed by atoms with Gasteiger partial charge in [-0.1, -0.05) is 11.3 Å². The summed E-state index contributed by atoms with van der Waals surface area (Å²) in [5, 5.41) is 13.4. The molecule has 1 aromatic heterocycles. The summed E-state index contributed by atoms with van der Waals surface area (Å²) >= 11 is 0.683. The van der Waals surface area contributed by atoms with Crippen LogP contribution in [0.4, 0.5) is 10.7 Å². The van der Waals surface area contributed by atoms with Gasteiger partial charge >= 0.3 is 5.69 Å². The summed E-state index contributed by atoms with van der Waals surface area (Å²) in [5.41, 5.74) is 1.72. The molecule has 1 fully saturated rings. The van der Waals surface area contributed by atoms with Crippen molar-refractivity contribution in [2.24, 2.45) is 5.84 Å². The van der Waals surface area contributed by atoms with E-state index in [1.165, 1.54) is 0 Å². The third kappa shape index (κ3) is 3.12. The lowest BCUT2D eigenvalue weighted by Gasteiger charge is -2.17. The van der Waals surface area contributed by atoms with E-state index in [-0.39, 0.29) is 41.2 Å². The Bertz CT molecular complexity index is 670. The summed E-state index contributed by atoms with van der Waals surface area (Å²) in [6, 6.07) is 0.968. The fourth-order valence-corrected chi connectivity index (χ4v) is 4.67. The number of nitrogens with two attached hydrogens (primary N) is 1. The Morgan fingerprint density at radius 2 is 2.19 bits per heavy atom. The number of thiophene rings is 1. The molecule has 0 aliphatic carbocycles. The maximum absolute atomic E-state index is 12.5. The molecule has 1 saturated heterocycles. The highest BCUT2D eigenvalue weighted by atomic mass is 32.2. The topological polar surface area (TPSA) is 148 Å². The first-order valence-electron chi connectivity index (χ1n) is 5.88. The summed E-state index contributed by atoms with van der Waals surface area (Å²) in [5.74, 6) is 4.93. The summed E-state index contributed by atoms with van der Waals surface area (Å²) in [7, 11) is -3.89. The smallest absolute Gasteiger partial charge is 0.306 e. The number of hydrazine groups is 1. The van der Waals surface area contributed by atoms with Crippen molar-refractivity contribution in [3.63, 3.8) is 0 Å². The largest absolute Gasteiger partial charge is 0.355 e. The molecule has 10 nitrogen and oxygen atoms in total. The molecule has 2 heterocycles. The fraction of sp³-hybridized carbons (Fsp3) is 0.444. The van der Waals surface area contributed by atoms with Gasteiger partial charge in [-0.15, -0.1) is 0 Å². The van der Waals surface area contributed by atoms with Crippen LogP contribution in [0, 0.1) is 10.1 Å². The van der Waals surface area contributed by atoms with Crippen LogP contribution in [-0.4, -0.2) is 43.2 Å². The third-order valence-electron chi connectivity index (χ3n) is 2.88. The summed E-state index contributed by atoms with van der Waals surface area (Å²) in [6.07, 6.45) is 0.0503. The van der Waals surface area contributed by atoms with Gasteiger partial charge in [0.2, 0.25) is 5.91 Å². The first-order chi connectivity index (χ1) is 9.86. The average Bonchev–Trinajstić information content (AvgIpc) is 2.76. The highest BCUT2D eigenvalue weighted by Gasteiger charge is 2.31. The lowest BCUT2D eigenvalue weighted by atomic mass is 10.4. The minimum absolute atomic E-state index is 0.0330. The van der Waals surface area contributed by atoms with Gasteiger partial charge in [-0.2, -0.15) is 4.31 Å². The van der Waals surface area contributed by atoms with Crippen molar-refractivity contribution in [3.05, 3.63) is 16.2 Å². The van der Waals surface area contributed by atoms with Crippen molar-refractivity contribution < 1.29 is 18.1 Å². The molecule has 0 bridgehead atoms. The minimum Gasteiger partial charge on any atom is -0.355 e. The van der Waals surface area contributed by atoms with Crippen molar-refractivity contribution in [2.75, 3.05) is 25.1 Å². The van der Waals surface area contributed by atoms with Gasteiger partial charge < -0.3 is 10.7 Å². The zero-order chi connectivity index (χ0) is 15.6. The number of sulfonamides is 1. The van der Waals surface area contributed by atoms with Crippen LogP contribution in [0.1, 0.15) is 6.42 Å². The molecule has 0 saturated carbocycles. The molecule has 1 amide bonds. The van der Waals surface area contributed by atoms with Crippen LogP contribution in [0.3, 0.4) is 0 Å². The van der Waals surface area contributed by atoms with E-state index in [0.717, 1.165) is 10.4 Å². The minimum atomic E-state index is -3.89. The number of amides is 1. The van der Waals surface area contributed by atoms with Crippen molar-refractivity contribution >= 4 is 38.0 Å². The molecule has 4 N–H and O–H groups in total. The molecule has 116 valence electrons. The molecule has 1 aliphatic heterocycles. The molecular formula is C9H13N5O5S2. The Hall–Kier alpha value is -1.76. The van der Waals surface area contributed by atoms with Gasteiger partial charge in [0.15, 0.2) is 5.00 Å². The molecular weight excluding hydrogens is 322 g/mol. The van der Waals surface area contributed by atoms with Gasteiger partial charge in [0, 0.05) is 32.1 Å². The van der Waals surface area contributed by atoms with E-state index in [1.54, 1.807) is 0 Å². The predicted molar refractivity (Wildman–Crippen MR) is 75.2 cm³/mol. The Balaban J connectivity index is 2.35. The van der Waals surface area contributed by atoms with E-state index in [2.05, 4.69) is 10.7 Å². The zero-order valence-electron chi connectivity index (χ0n) is 10.7. The first-order valence-corrected chi connectivity index (χ1v) is 8.13. The highest BCUT2D eigenvalue weighted by molar-refractivity contribution is 7.91. The number of rotatable bonds is 4. The van der Waals surface area contributed by atoms with Crippen LogP contribution in [0.15, 0.2) is 10.3 Å². The van der Waals surface area contributed by atoms with E-state index in [1.807, 2.05) is 0 Å². The van der Waals surface area contributed by atoms with Crippen LogP contribution in [0.5, 0.6) is 0 Å². The van der Waals surface area contributed by atoms with Gasteiger partial charge in [0.25, 0.3) is 10.0 Å². The summed E-state index contributed by atoms with van der Waals surface area (Å²) in [4.78, 5) is 21.4. The zero-order valence-corrected chi connectivity index (χ0v) is 12.4. The molecule has 0 spiro atoms. The standard InChI is InChI=1S/C9H13N5O5S2/c10-12-9-6(14(16)17)5-8(20-9)21(18,19)13-3-1-7(15)11-2-4-13/h5,12H,1-4,10H2,(H,11,15). The fourth-order valence-electron chi connectivity index (χ4n) is 1.84. The Kier molecular flexibility index (Phi) is 4.41. The van der Waals surface area contributed by atoms with Gasteiger partial charge in [0.05, 0.1) is 4.92 Å². The summed E-state index contributed by atoms with van der Waals surface area (Å²) in [6.45, 7) is 0.351. The molecule has 0 radical (unpaired) electrons. The Morgan fingerprint density at radius 1 is 1.48 bits per heavy atom.